The lowest BCUT2D eigenvalue weighted by atomic mass is 10.0. The van der Waals surface area contributed by atoms with E-state index in [1.807, 2.05) is 24.3 Å². The first-order valence-electron chi connectivity index (χ1n) is 3.98. The molecule has 1 aromatic rings. The molecule has 0 unspecified atom stereocenters. The SMILES string of the molecule is COc1cccc([C@@H](C)C(=O)Cl)c1. The number of hydrogen-bond donors (Lipinski definition) is 0. The summed E-state index contributed by atoms with van der Waals surface area (Å²) in [6, 6.07) is 7.33. The lowest BCUT2D eigenvalue weighted by Crippen LogP contribution is -2.01. The maximum absolute atomic E-state index is 10.9. The van der Waals surface area contributed by atoms with Crippen LogP contribution in [0.3, 0.4) is 0 Å². The van der Waals surface area contributed by atoms with Gasteiger partial charge in [0.05, 0.1) is 13.0 Å². The Morgan fingerprint density at radius 3 is 2.77 bits per heavy atom. The fraction of sp³-hybridized carbons (Fsp3) is 0.300. The maximum Gasteiger partial charge on any atom is 0.228 e. The Labute approximate surface area is 82.5 Å². The Morgan fingerprint density at radius 1 is 1.54 bits per heavy atom. The fourth-order valence-corrected chi connectivity index (χ4v) is 1.17. The Hall–Kier alpha value is -1.02. The number of rotatable bonds is 3. The predicted octanol–water partition coefficient (Wildman–Crippen LogP) is 2.56. The Bertz CT molecular complexity index is 310. The third kappa shape index (κ3) is 2.46. The molecular weight excluding hydrogens is 188 g/mol. The topological polar surface area (TPSA) is 26.3 Å². The Kier molecular flexibility index (Phi) is 3.32. The third-order valence-electron chi connectivity index (χ3n) is 1.93. The van der Waals surface area contributed by atoms with Crippen LogP contribution >= 0.6 is 11.6 Å². The largest absolute Gasteiger partial charge is 0.497 e. The van der Waals surface area contributed by atoms with Crippen LogP contribution in [0.4, 0.5) is 0 Å². The normalized spacial score (nSPS) is 12.2. The molecule has 70 valence electrons. The molecule has 0 aliphatic carbocycles. The zero-order chi connectivity index (χ0) is 9.84. The fourth-order valence-electron chi connectivity index (χ4n) is 1.04. The lowest BCUT2D eigenvalue weighted by Gasteiger charge is -2.07. The zero-order valence-electron chi connectivity index (χ0n) is 7.58. The Morgan fingerprint density at radius 2 is 2.23 bits per heavy atom. The summed E-state index contributed by atoms with van der Waals surface area (Å²) in [5.74, 6) is 0.457. The number of carbonyl (C=O) groups is 1. The molecule has 0 radical (unpaired) electrons. The second kappa shape index (κ2) is 4.28. The highest BCUT2D eigenvalue weighted by Gasteiger charge is 2.12. The molecule has 1 atom stereocenters. The molecule has 3 heteroatoms. The summed E-state index contributed by atoms with van der Waals surface area (Å²) < 4.78 is 5.03. The van der Waals surface area contributed by atoms with Gasteiger partial charge in [0.25, 0.3) is 0 Å². The summed E-state index contributed by atoms with van der Waals surface area (Å²) in [4.78, 5) is 10.9. The van der Waals surface area contributed by atoms with E-state index in [9.17, 15) is 4.79 Å². The second-order valence-corrected chi connectivity index (χ2v) is 3.17. The van der Waals surface area contributed by atoms with E-state index < -0.39 is 0 Å². The first-order chi connectivity index (χ1) is 6.15. The average molecular weight is 199 g/mol. The van der Waals surface area contributed by atoms with Crippen LogP contribution in [0.1, 0.15) is 18.4 Å². The Balaban J connectivity index is 2.94. The molecule has 0 aliphatic rings. The highest BCUT2D eigenvalue weighted by Crippen LogP contribution is 2.22. The van der Waals surface area contributed by atoms with Crippen LogP contribution in [-0.4, -0.2) is 12.4 Å². The quantitative estimate of drug-likeness (QED) is 0.698. The molecule has 0 fully saturated rings. The van der Waals surface area contributed by atoms with Gasteiger partial charge >= 0.3 is 0 Å². The van der Waals surface area contributed by atoms with Gasteiger partial charge in [-0.05, 0) is 29.3 Å². The minimum atomic E-state index is -0.353. The summed E-state index contributed by atoms with van der Waals surface area (Å²) in [5.41, 5.74) is 0.874. The summed E-state index contributed by atoms with van der Waals surface area (Å²) in [6.45, 7) is 1.77. The third-order valence-corrected chi connectivity index (χ3v) is 2.26. The number of methoxy groups -OCH3 is 1. The number of benzene rings is 1. The molecule has 2 nitrogen and oxygen atoms in total. The van der Waals surface area contributed by atoms with Crippen LogP contribution in [0.25, 0.3) is 0 Å². The van der Waals surface area contributed by atoms with E-state index in [0.29, 0.717) is 0 Å². The van der Waals surface area contributed by atoms with Gasteiger partial charge in [0.15, 0.2) is 0 Å². The molecule has 1 aromatic carbocycles. The molecule has 0 heterocycles. The summed E-state index contributed by atoms with van der Waals surface area (Å²) >= 11 is 5.38. The molecule has 0 bridgehead atoms. The van der Waals surface area contributed by atoms with Crippen molar-refractivity contribution >= 4 is 16.8 Å². The second-order valence-electron chi connectivity index (χ2n) is 2.80. The van der Waals surface area contributed by atoms with Crippen LogP contribution in [-0.2, 0) is 4.79 Å². The average Bonchev–Trinajstić information content (AvgIpc) is 2.16. The first-order valence-corrected chi connectivity index (χ1v) is 4.36. The summed E-state index contributed by atoms with van der Waals surface area (Å²) in [5, 5.41) is -0.353. The molecule has 0 spiro atoms. The van der Waals surface area contributed by atoms with Gasteiger partial charge in [-0.1, -0.05) is 19.1 Å². The van der Waals surface area contributed by atoms with Gasteiger partial charge in [0.1, 0.15) is 5.75 Å². The van der Waals surface area contributed by atoms with Crippen molar-refractivity contribution in [3.05, 3.63) is 29.8 Å². The van der Waals surface area contributed by atoms with Gasteiger partial charge in [-0.15, -0.1) is 0 Å². The summed E-state index contributed by atoms with van der Waals surface area (Å²) in [7, 11) is 1.59. The smallest absolute Gasteiger partial charge is 0.228 e. The minimum absolute atomic E-state index is 0.281. The van der Waals surface area contributed by atoms with Gasteiger partial charge in [0.2, 0.25) is 5.24 Å². The van der Waals surface area contributed by atoms with Crippen molar-refractivity contribution in [2.45, 2.75) is 12.8 Å². The van der Waals surface area contributed by atoms with E-state index in [1.165, 1.54) is 0 Å². The van der Waals surface area contributed by atoms with Crippen LogP contribution in [0.2, 0.25) is 0 Å². The highest BCUT2D eigenvalue weighted by atomic mass is 35.5. The molecule has 0 aliphatic heterocycles. The molecule has 13 heavy (non-hydrogen) atoms. The number of carbonyl (C=O) groups excluding carboxylic acids is 1. The van der Waals surface area contributed by atoms with Gasteiger partial charge in [-0.2, -0.15) is 0 Å². The highest BCUT2D eigenvalue weighted by molar-refractivity contribution is 6.64. The van der Waals surface area contributed by atoms with Gasteiger partial charge in [-0.25, -0.2) is 0 Å². The van der Waals surface area contributed by atoms with Gasteiger partial charge < -0.3 is 4.74 Å². The van der Waals surface area contributed by atoms with Gasteiger partial charge in [0, 0.05) is 0 Å². The lowest BCUT2D eigenvalue weighted by molar-refractivity contribution is -0.112. The van der Waals surface area contributed by atoms with E-state index in [2.05, 4.69) is 0 Å². The van der Waals surface area contributed by atoms with E-state index in [0.717, 1.165) is 11.3 Å². The monoisotopic (exact) mass is 198 g/mol. The molecule has 0 N–H and O–H groups in total. The van der Waals surface area contributed by atoms with Crippen molar-refractivity contribution < 1.29 is 9.53 Å². The van der Waals surface area contributed by atoms with E-state index >= 15 is 0 Å². The predicted molar refractivity (Wildman–Crippen MR) is 52.3 cm³/mol. The van der Waals surface area contributed by atoms with E-state index in [1.54, 1.807) is 14.0 Å². The molecule has 0 saturated carbocycles. The van der Waals surface area contributed by atoms with Crippen molar-refractivity contribution in [1.29, 1.82) is 0 Å². The molecule has 0 aromatic heterocycles. The molecular formula is C10H11ClO2. The van der Waals surface area contributed by atoms with Crippen molar-refractivity contribution in [2.75, 3.05) is 7.11 Å². The van der Waals surface area contributed by atoms with Gasteiger partial charge in [-0.3, -0.25) is 4.79 Å². The first kappa shape index (κ1) is 10.1. The number of halogens is 1. The van der Waals surface area contributed by atoms with Crippen molar-refractivity contribution in [1.82, 2.24) is 0 Å². The van der Waals surface area contributed by atoms with E-state index in [4.69, 9.17) is 16.3 Å². The van der Waals surface area contributed by atoms with Crippen LogP contribution in [0, 0.1) is 0 Å². The maximum atomic E-state index is 10.9. The van der Waals surface area contributed by atoms with E-state index in [-0.39, 0.29) is 11.2 Å². The van der Waals surface area contributed by atoms with Crippen LogP contribution < -0.4 is 4.74 Å². The molecule has 1 rings (SSSR count). The van der Waals surface area contributed by atoms with Crippen LogP contribution in [0.15, 0.2) is 24.3 Å². The summed E-state index contributed by atoms with van der Waals surface area (Å²) in [6.07, 6.45) is 0. The number of hydrogen-bond acceptors (Lipinski definition) is 2. The molecule has 0 saturated heterocycles. The standard InChI is InChI=1S/C10H11ClO2/c1-7(10(11)12)8-4-3-5-9(6-8)13-2/h3-7H,1-2H3/t7-/m1/s1. The minimum Gasteiger partial charge on any atom is -0.497 e. The zero-order valence-corrected chi connectivity index (χ0v) is 8.34. The number of ether oxygens (including phenoxy) is 1. The molecule has 0 amide bonds. The van der Waals surface area contributed by atoms with Crippen molar-refractivity contribution in [2.24, 2.45) is 0 Å². The van der Waals surface area contributed by atoms with Crippen molar-refractivity contribution in [3.63, 3.8) is 0 Å². The van der Waals surface area contributed by atoms with Crippen molar-refractivity contribution in [3.8, 4) is 5.75 Å². The van der Waals surface area contributed by atoms with Crippen LogP contribution in [0.5, 0.6) is 5.75 Å².